The topological polar surface area (TPSA) is 54.4 Å². The Morgan fingerprint density at radius 3 is 1.45 bits per heavy atom. The predicted molar refractivity (Wildman–Crippen MR) is 163 cm³/mol. The van der Waals surface area contributed by atoms with E-state index in [2.05, 4.69) is 124 Å². The van der Waals surface area contributed by atoms with Gasteiger partial charge in [0, 0.05) is 0 Å². The number of benzene rings is 5. The van der Waals surface area contributed by atoms with Crippen LogP contribution in [0.25, 0.3) is 44.5 Å². The summed E-state index contributed by atoms with van der Waals surface area (Å²) >= 11 is 0. The van der Waals surface area contributed by atoms with E-state index in [9.17, 15) is 13.2 Å². The van der Waals surface area contributed by atoms with E-state index in [-0.39, 0.29) is 0 Å². The van der Waals surface area contributed by atoms with Gasteiger partial charge in [-0.3, -0.25) is 4.55 Å². The van der Waals surface area contributed by atoms with Crippen molar-refractivity contribution in [3.8, 4) is 44.5 Å². The van der Waals surface area contributed by atoms with Gasteiger partial charge in [0.25, 0.3) is 0 Å². The van der Waals surface area contributed by atoms with Crippen LogP contribution in [-0.4, -0.2) is 18.5 Å². The van der Waals surface area contributed by atoms with Crippen LogP contribution in [0, 0.1) is 20.8 Å². The molecule has 214 valence electrons. The maximum absolute atomic E-state index is 10.7. The molecule has 0 amide bonds. The van der Waals surface area contributed by atoms with Crippen molar-refractivity contribution >= 4 is 10.1 Å². The second-order valence-corrected chi connectivity index (χ2v) is 11.8. The van der Waals surface area contributed by atoms with Gasteiger partial charge in [0.05, 0.1) is 0 Å². The average molecular weight is 587 g/mol. The van der Waals surface area contributed by atoms with E-state index in [1.165, 1.54) is 72.3 Å². The molecule has 1 N–H and O–H groups in total. The quantitative estimate of drug-likeness (QED) is 0.166. The zero-order chi connectivity index (χ0) is 30.2. The van der Waals surface area contributed by atoms with E-state index >= 15 is 0 Å². The molecule has 5 aromatic rings. The van der Waals surface area contributed by atoms with Crippen LogP contribution in [0.15, 0.2) is 103 Å². The summed E-state index contributed by atoms with van der Waals surface area (Å²) in [6.07, 6.45) is 0.978. The summed E-state index contributed by atoms with van der Waals surface area (Å²) in [6, 6.07) is 37.5. The lowest BCUT2D eigenvalue weighted by Crippen LogP contribution is -2.21. The number of hydrogen-bond donors (Lipinski definition) is 1. The monoisotopic (exact) mass is 586 g/mol. The highest BCUT2D eigenvalue weighted by Gasteiger charge is 2.44. The van der Waals surface area contributed by atoms with Gasteiger partial charge < -0.3 is 0 Å². The smallest absolute Gasteiger partial charge is 0.279 e. The molecule has 5 aromatic carbocycles. The van der Waals surface area contributed by atoms with Crippen molar-refractivity contribution in [1.29, 1.82) is 0 Å². The Labute approximate surface area is 244 Å². The summed E-state index contributed by atoms with van der Waals surface area (Å²) in [5.41, 5.74) is 12.3. The summed E-state index contributed by atoms with van der Waals surface area (Å²) < 4.78 is 57.5. The van der Waals surface area contributed by atoms with Gasteiger partial charge in [-0.2, -0.15) is 21.6 Å². The van der Waals surface area contributed by atoms with Crippen molar-refractivity contribution in [2.24, 2.45) is 0 Å². The minimum atomic E-state index is -5.84. The fourth-order valence-corrected chi connectivity index (χ4v) is 5.80. The first kappa shape index (κ1) is 29.3. The Kier molecular flexibility index (Phi) is 7.84. The van der Waals surface area contributed by atoms with Crippen LogP contribution < -0.4 is 0 Å². The molecule has 1 aliphatic carbocycles. The molecule has 6 rings (SSSR count). The van der Waals surface area contributed by atoms with Crippen molar-refractivity contribution in [2.45, 2.75) is 32.7 Å². The largest absolute Gasteiger partial charge is 0.522 e. The van der Waals surface area contributed by atoms with E-state index in [0.717, 1.165) is 6.42 Å². The van der Waals surface area contributed by atoms with Crippen LogP contribution in [-0.2, 0) is 16.5 Å². The minimum absolute atomic E-state index is 0.978. The lowest BCUT2D eigenvalue weighted by atomic mass is 9.79. The van der Waals surface area contributed by atoms with E-state index in [1.807, 2.05) is 0 Å². The molecule has 0 saturated carbocycles. The van der Waals surface area contributed by atoms with Gasteiger partial charge in [0.1, 0.15) is 0 Å². The SMILES string of the molecule is Cc1ccc2c(c1C)-c1c(C)c(-c3ccccc3)c(-c3ccccc3)c(-c3ccccc3)c1C2.O=S(=O)(O)C(F)(F)F. The number of fused-ring (bicyclic) bond motifs is 3. The molecule has 0 radical (unpaired) electrons. The van der Waals surface area contributed by atoms with Gasteiger partial charge in [-0.25, -0.2) is 0 Å². The Balaban J connectivity index is 0.000000390. The standard InChI is InChI=1S/C34H28.CHF3O3S/c1-22-19-20-28-21-29-32(30(28)23(22)2)24(3)31(25-13-7-4-8-14-25)34(27-17-11-6-12-18-27)33(29)26-15-9-5-10-16-26;2-1(3,4)8(5,6)7/h4-20H,21H2,1-3H3;(H,5,6,7). The normalized spacial score (nSPS) is 12.3. The van der Waals surface area contributed by atoms with Gasteiger partial charge in [-0.05, 0) is 99.5 Å². The molecule has 0 atom stereocenters. The highest BCUT2D eigenvalue weighted by Crippen LogP contribution is 2.53. The third-order valence-corrected chi connectivity index (χ3v) is 8.36. The lowest BCUT2D eigenvalue weighted by molar-refractivity contribution is -0.0510. The van der Waals surface area contributed by atoms with Crippen molar-refractivity contribution in [3.63, 3.8) is 0 Å². The third kappa shape index (κ3) is 5.38. The Bertz CT molecular complexity index is 1870. The predicted octanol–water partition coefficient (Wildman–Crippen LogP) is 9.58. The molecule has 0 aliphatic heterocycles. The summed E-state index contributed by atoms with van der Waals surface area (Å²) in [5, 5.41) is 0. The first-order chi connectivity index (χ1) is 19.9. The van der Waals surface area contributed by atoms with Gasteiger partial charge in [0.15, 0.2) is 0 Å². The van der Waals surface area contributed by atoms with Gasteiger partial charge in [-0.1, -0.05) is 103 Å². The second kappa shape index (κ2) is 11.2. The molecule has 0 spiro atoms. The van der Waals surface area contributed by atoms with Crippen LogP contribution in [0.2, 0.25) is 0 Å². The third-order valence-electron chi connectivity index (χ3n) is 7.77. The van der Waals surface area contributed by atoms with E-state index in [1.54, 1.807) is 0 Å². The molecule has 42 heavy (non-hydrogen) atoms. The summed E-state index contributed by atoms with van der Waals surface area (Å²) in [4.78, 5) is 0. The molecule has 7 heteroatoms. The number of alkyl halides is 3. The van der Waals surface area contributed by atoms with E-state index < -0.39 is 15.6 Å². The fraction of sp³-hybridized carbons (Fsp3) is 0.143. The van der Waals surface area contributed by atoms with E-state index in [4.69, 9.17) is 13.0 Å². The summed E-state index contributed by atoms with van der Waals surface area (Å²) in [7, 11) is -5.84. The molecule has 0 heterocycles. The first-order valence-corrected chi connectivity index (χ1v) is 14.8. The van der Waals surface area contributed by atoms with E-state index in [0.29, 0.717) is 0 Å². The van der Waals surface area contributed by atoms with Crippen LogP contribution in [0.5, 0.6) is 0 Å². The van der Waals surface area contributed by atoms with Crippen molar-refractivity contribution < 1.29 is 26.1 Å². The van der Waals surface area contributed by atoms with Crippen molar-refractivity contribution in [3.05, 3.63) is 131 Å². The molecule has 0 unspecified atom stereocenters. The fourth-order valence-electron chi connectivity index (χ4n) is 5.80. The highest BCUT2D eigenvalue weighted by molar-refractivity contribution is 7.86. The Hall–Kier alpha value is -4.20. The number of halogens is 3. The van der Waals surface area contributed by atoms with Crippen LogP contribution in [0.4, 0.5) is 13.2 Å². The average Bonchev–Trinajstić information content (AvgIpc) is 3.36. The van der Waals surface area contributed by atoms with Crippen molar-refractivity contribution in [1.82, 2.24) is 0 Å². The zero-order valence-corrected chi connectivity index (χ0v) is 24.1. The molecule has 0 bridgehead atoms. The number of aryl methyl sites for hydroxylation is 1. The maximum Gasteiger partial charge on any atom is 0.522 e. The highest BCUT2D eigenvalue weighted by atomic mass is 32.2. The molecule has 0 saturated heterocycles. The molecule has 3 nitrogen and oxygen atoms in total. The minimum Gasteiger partial charge on any atom is -0.279 e. The second-order valence-electron chi connectivity index (χ2n) is 10.3. The van der Waals surface area contributed by atoms with Gasteiger partial charge in [-0.15, -0.1) is 0 Å². The van der Waals surface area contributed by atoms with Gasteiger partial charge >= 0.3 is 15.6 Å². The lowest BCUT2D eigenvalue weighted by Gasteiger charge is -2.24. The number of rotatable bonds is 3. The molecular formula is C35H29F3O3S. The molecular weight excluding hydrogens is 557 g/mol. The Morgan fingerprint density at radius 2 is 1.00 bits per heavy atom. The Morgan fingerprint density at radius 1 is 0.571 bits per heavy atom. The molecule has 0 aromatic heterocycles. The van der Waals surface area contributed by atoms with Crippen LogP contribution in [0.3, 0.4) is 0 Å². The molecule has 1 aliphatic rings. The maximum atomic E-state index is 10.7. The zero-order valence-electron chi connectivity index (χ0n) is 23.3. The first-order valence-electron chi connectivity index (χ1n) is 13.4. The molecule has 0 fully saturated rings. The van der Waals surface area contributed by atoms with Crippen molar-refractivity contribution in [2.75, 3.05) is 0 Å². The van der Waals surface area contributed by atoms with Crippen LogP contribution in [0.1, 0.15) is 27.8 Å². The summed E-state index contributed by atoms with van der Waals surface area (Å²) in [6.45, 7) is 6.86. The summed E-state index contributed by atoms with van der Waals surface area (Å²) in [5.74, 6) is 0. The van der Waals surface area contributed by atoms with Crippen LogP contribution >= 0.6 is 0 Å². The number of hydrogen-bond acceptors (Lipinski definition) is 2. The van der Waals surface area contributed by atoms with Gasteiger partial charge in [0.2, 0.25) is 0 Å².